The number of H-pyrrole nitrogens is 1. The first kappa shape index (κ1) is 11.5. The quantitative estimate of drug-likeness (QED) is 0.836. The predicted molar refractivity (Wildman–Crippen MR) is 70.8 cm³/mol. The summed E-state index contributed by atoms with van der Waals surface area (Å²) >= 11 is 1.87. The second-order valence-corrected chi connectivity index (χ2v) is 4.94. The Morgan fingerprint density at radius 2 is 2.38 bits per heavy atom. The fraction of sp³-hybridized carbons (Fsp3) is 0.417. The molecule has 0 aliphatic carbocycles. The van der Waals surface area contributed by atoms with Gasteiger partial charge in [-0.2, -0.15) is 16.9 Å². The highest BCUT2D eigenvalue weighted by Gasteiger charge is 2.01. The van der Waals surface area contributed by atoms with Gasteiger partial charge in [0.05, 0.1) is 11.7 Å². The van der Waals surface area contributed by atoms with Crippen LogP contribution in [0.5, 0.6) is 0 Å². The Balaban J connectivity index is 1.98. The monoisotopic (exact) mass is 235 g/mol. The fourth-order valence-electron chi connectivity index (χ4n) is 1.70. The molecule has 1 aromatic carbocycles. The molecule has 1 unspecified atom stereocenters. The van der Waals surface area contributed by atoms with Crippen molar-refractivity contribution >= 4 is 22.7 Å². The molecule has 0 saturated carbocycles. The SMILES string of the molecule is CSCC(C)NCc1ccc2cn[nH]c2c1. The number of aromatic amines is 1. The van der Waals surface area contributed by atoms with Gasteiger partial charge in [0.1, 0.15) is 0 Å². The van der Waals surface area contributed by atoms with Crippen LogP contribution in [0.3, 0.4) is 0 Å². The number of thioether (sulfide) groups is 1. The summed E-state index contributed by atoms with van der Waals surface area (Å²) in [4.78, 5) is 0. The molecule has 1 heterocycles. The molecule has 4 heteroatoms. The van der Waals surface area contributed by atoms with Gasteiger partial charge in [0.25, 0.3) is 0 Å². The number of benzene rings is 1. The van der Waals surface area contributed by atoms with Gasteiger partial charge in [-0.15, -0.1) is 0 Å². The summed E-state index contributed by atoms with van der Waals surface area (Å²) in [7, 11) is 0. The molecule has 86 valence electrons. The largest absolute Gasteiger partial charge is 0.309 e. The Hall–Kier alpha value is -1.00. The van der Waals surface area contributed by atoms with Crippen molar-refractivity contribution in [1.82, 2.24) is 15.5 Å². The Morgan fingerprint density at radius 3 is 3.19 bits per heavy atom. The van der Waals surface area contributed by atoms with E-state index in [0.717, 1.165) is 17.8 Å². The zero-order valence-electron chi connectivity index (χ0n) is 9.66. The minimum Gasteiger partial charge on any atom is -0.309 e. The smallest absolute Gasteiger partial charge is 0.0653 e. The lowest BCUT2D eigenvalue weighted by Gasteiger charge is -2.12. The third-order valence-electron chi connectivity index (χ3n) is 2.58. The van der Waals surface area contributed by atoms with E-state index in [4.69, 9.17) is 0 Å². The molecule has 2 aromatic rings. The van der Waals surface area contributed by atoms with E-state index in [-0.39, 0.29) is 0 Å². The molecule has 0 aliphatic heterocycles. The Morgan fingerprint density at radius 1 is 1.50 bits per heavy atom. The van der Waals surface area contributed by atoms with Crippen LogP contribution in [0.15, 0.2) is 24.4 Å². The summed E-state index contributed by atoms with van der Waals surface area (Å²) in [6.07, 6.45) is 3.98. The molecule has 0 radical (unpaired) electrons. The third-order valence-corrected chi connectivity index (χ3v) is 3.41. The molecule has 16 heavy (non-hydrogen) atoms. The molecule has 1 atom stereocenters. The van der Waals surface area contributed by atoms with E-state index in [1.165, 1.54) is 10.9 Å². The van der Waals surface area contributed by atoms with Gasteiger partial charge in [-0.3, -0.25) is 5.10 Å². The van der Waals surface area contributed by atoms with Crippen molar-refractivity contribution in [3.8, 4) is 0 Å². The summed E-state index contributed by atoms with van der Waals surface area (Å²) in [6, 6.07) is 6.96. The van der Waals surface area contributed by atoms with E-state index >= 15 is 0 Å². The summed E-state index contributed by atoms with van der Waals surface area (Å²) in [6.45, 7) is 3.13. The van der Waals surface area contributed by atoms with Gasteiger partial charge in [0.15, 0.2) is 0 Å². The number of aromatic nitrogens is 2. The summed E-state index contributed by atoms with van der Waals surface area (Å²) in [5, 5.41) is 11.7. The number of nitrogens with one attached hydrogen (secondary N) is 2. The highest BCUT2D eigenvalue weighted by molar-refractivity contribution is 7.98. The third kappa shape index (κ3) is 2.77. The second kappa shape index (κ2) is 5.37. The number of nitrogens with zero attached hydrogens (tertiary/aromatic N) is 1. The van der Waals surface area contributed by atoms with Crippen LogP contribution in [0.1, 0.15) is 12.5 Å². The molecule has 0 fully saturated rings. The molecular weight excluding hydrogens is 218 g/mol. The normalized spacial score (nSPS) is 13.1. The van der Waals surface area contributed by atoms with Crippen molar-refractivity contribution < 1.29 is 0 Å². The van der Waals surface area contributed by atoms with E-state index < -0.39 is 0 Å². The average Bonchev–Trinajstić information content (AvgIpc) is 2.74. The maximum absolute atomic E-state index is 4.02. The molecular formula is C12H17N3S. The second-order valence-electron chi connectivity index (χ2n) is 4.03. The lowest BCUT2D eigenvalue weighted by molar-refractivity contribution is 0.596. The first-order valence-electron chi connectivity index (χ1n) is 5.44. The van der Waals surface area contributed by atoms with Gasteiger partial charge in [0.2, 0.25) is 0 Å². The lowest BCUT2D eigenvalue weighted by Crippen LogP contribution is -2.27. The molecule has 0 saturated heterocycles. The van der Waals surface area contributed by atoms with Crippen molar-refractivity contribution in [2.75, 3.05) is 12.0 Å². The number of fused-ring (bicyclic) bond motifs is 1. The maximum Gasteiger partial charge on any atom is 0.0653 e. The van der Waals surface area contributed by atoms with Crippen LogP contribution < -0.4 is 5.32 Å². The lowest BCUT2D eigenvalue weighted by atomic mass is 10.1. The first-order valence-corrected chi connectivity index (χ1v) is 6.83. The Labute approximate surface area is 100 Å². The number of hydrogen-bond donors (Lipinski definition) is 2. The van der Waals surface area contributed by atoms with Crippen LogP contribution in [-0.2, 0) is 6.54 Å². The van der Waals surface area contributed by atoms with E-state index in [0.29, 0.717) is 6.04 Å². The topological polar surface area (TPSA) is 40.7 Å². The summed E-state index contributed by atoms with van der Waals surface area (Å²) < 4.78 is 0. The van der Waals surface area contributed by atoms with Crippen molar-refractivity contribution in [2.24, 2.45) is 0 Å². The van der Waals surface area contributed by atoms with E-state index in [1.54, 1.807) is 0 Å². The molecule has 0 spiro atoms. The zero-order valence-corrected chi connectivity index (χ0v) is 10.5. The standard InChI is InChI=1S/C12H17N3S/c1-9(8-16-2)13-6-10-3-4-11-7-14-15-12(11)5-10/h3-5,7,9,13H,6,8H2,1-2H3,(H,14,15). The van der Waals surface area contributed by atoms with Crippen LogP contribution in [0.4, 0.5) is 0 Å². The molecule has 0 aliphatic rings. The van der Waals surface area contributed by atoms with E-state index in [9.17, 15) is 0 Å². The Bertz CT molecular complexity index is 452. The van der Waals surface area contributed by atoms with Gasteiger partial charge in [0, 0.05) is 23.7 Å². The van der Waals surface area contributed by atoms with Crippen LogP contribution in [0.25, 0.3) is 10.9 Å². The molecule has 0 bridgehead atoms. The minimum absolute atomic E-state index is 0.549. The van der Waals surface area contributed by atoms with Crippen LogP contribution in [0.2, 0.25) is 0 Å². The van der Waals surface area contributed by atoms with E-state index in [2.05, 4.69) is 46.9 Å². The molecule has 2 N–H and O–H groups in total. The van der Waals surface area contributed by atoms with E-state index in [1.807, 2.05) is 18.0 Å². The highest BCUT2D eigenvalue weighted by Crippen LogP contribution is 2.12. The first-order chi connectivity index (χ1) is 7.79. The average molecular weight is 235 g/mol. The Kier molecular flexibility index (Phi) is 3.85. The van der Waals surface area contributed by atoms with Crippen LogP contribution >= 0.6 is 11.8 Å². The van der Waals surface area contributed by atoms with Gasteiger partial charge < -0.3 is 5.32 Å². The summed E-state index contributed by atoms with van der Waals surface area (Å²) in [5.74, 6) is 1.15. The van der Waals surface area contributed by atoms with Crippen molar-refractivity contribution in [3.05, 3.63) is 30.0 Å². The molecule has 3 nitrogen and oxygen atoms in total. The van der Waals surface area contributed by atoms with Crippen LogP contribution in [-0.4, -0.2) is 28.2 Å². The zero-order chi connectivity index (χ0) is 11.4. The molecule has 2 rings (SSSR count). The van der Waals surface area contributed by atoms with Crippen molar-refractivity contribution in [1.29, 1.82) is 0 Å². The van der Waals surface area contributed by atoms with Crippen molar-refractivity contribution in [2.45, 2.75) is 19.5 Å². The summed E-state index contributed by atoms with van der Waals surface area (Å²) in [5.41, 5.74) is 2.40. The van der Waals surface area contributed by atoms with Gasteiger partial charge in [-0.1, -0.05) is 12.1 Å². The predicted octanol–water partition coefficient (Wildman–Crippen LogP) is 2.40. The van der Waals surface area contributed by atoms with Crippen molar-refractivity contribution in [3.63, 3.8) is 0 Å². The fourth-order valence-corrected chi connectivity index (χ4v) is 2.31. The van der Waals surface area contributed by atoms with Gasteiger partial charge in [-0.25, -0.2) is 0 Å². The number of rotatable bonds is 5. The maximum atomic E-state index is 4.02. The molecule has 0 amide bonds. The highest BCUT2D eigenvalue weighted by atomic mass is 32.2. The van der Waals surface area contributed by atoms with Gasteiger partial charge in [-0.05, 0) is 24.8 Å². The van der Waals surface area contributed by atoms with Crippen LogP contribution in [0, 0.1) is 0 Å². The number of hydrogen-bond acceptors (Lipinski definition) is 3. The minimum atomic E-state index is 0.549. The molecule has 1 aromatic heterocycles. The van der Waals surface area contributed by atoms with Gasteiger partial charge >= 0.3 is 0 Å².